The van der Waals surface area contributed by atoms with E-state index < -0.39 is 0 Å². The van der Waals surface area contributed by atoms with Crippen molar-refractivity contribution in [2.75, 3.05) is 6.61 Å². The lowest BCUT2D eigenvalue weighted by molar-refractivity contribution is 0.0976. The molecule has 0 spiro atoms. The first-order valence-corrected chi connectivity index (χ1v) is 7.46. The molecule has 0 saturated heterocycles. The van der Waals surface area contributed by atoms with E-state index in [1.165, 1.54) is 0 Å². The van der Waals surface area contributed by atoms with Crippen LogP contribution in [0.15, 0.2) is 54.6 Å². The van der Waals surface area contributed by atoms with Gasteiger partial charge in [0.05, 0.1) is 6.61 Å². The summed E-state index contributed by atoms with van der Waals surface area (Å²) in [7, 11) is 0. The van der Waals surface area contributed by atoms with E-state index >= 15 is 0 Å². The number of carbonyl (C=O) groups is 1. The lowest BCUT2D eigenvalue weighted by atomic mass is 10.2. The van der Waals surface area contributed by atoms with Crippen LogP contribution < -0.4 is 15.4 Å². The summed E-state index contributed by atoms with van der Waals surface area (Å²) in [6.07, 6.45) is 0. The van der Waals surface area contributed by atoms with Crippen LogP contribution in [0.4, 0.5) is 0 Å². The lowest BCUT2D eigenvalue weighted by Gasteiger charge is -2.10. The number of ether oxygens (including phenoxy) is 1. The summed E-state index contributed by atoms with van der Waals surface area (Å²) in [6, 6.07) is 16.8. The van der Waals surface area contributed by atoms with Crippen LogP contribution in [0, 0.1) is 0 Å². The molecular weight excluding hydrogens is 296 g/mol. The number of nitrogens with one attached hydrogen (secondary N) is 2. The minimum Gasteiger partial charge on any atom is -0.494 e. The van der Waals surface area contributed by atoms with E-state index in [2.05, 4.69) is 10.6 Å². The van der Waals surface area contributed by atoms with E-state index in [-0.39, 0.29) is 5.91 Å². The molecule has 1 amide bonds. The van der Waals surface area contributed by atoms with E-state index in [1.807, 2.05) is 43.3 Å². The second-order valence-corrected chi connectivity index (χ2v) is 4.99. The third-order valence-electron chi connectivity index (χ3n) is 2.93. The fraction of sp³-hybridized carbons (Fsp3) is 0.176. The first-order chi connectivity index (χ1) is 10.7. The molecule has 0 saturated carbocycles. The zero-order valence-corrected chi connectivity index (χ0v) is 13.2. The van der Waals surface area contributed by atoms with E-state index in [1.54, 1.807) is 18.2 Å². The van der Waals surface area contributed by atoms with Gasteiger partial charge in [-0.15, -0.1) is 0 Å². The lowest BCUT2D eigenvalue weighted by Crippen LogP contribution is -2.38. The summed E-state index contributed by atoms with van der Waals surface area (Å²) < 4.78 is 5.38. The molecule has 0 aromatic heterocycles. The Kier molecular flexibility index (Phi) is 5.91. The first kappa shape index (κ1) is 16.0. The Balaban J connectivity index is 1.88. The summed E-state index contributed by atoms with van der Waals surface area (Å²) in [6.45, 7) is 3.02. The maximum atomic E-state index is 12.1. The molecular formula is C17H18N2O2S. The molecule has 22 heavy (non-hydrogen) atoms. The van der Waals surface area contributed by atoms with Crippen LogP contribution in [0.25, 0.3) is 0 Å². The van der Waals surface area contributed by atoms with Crippen molar-refractivity contribution in [2.45, 2.75) is 13.5 Å². The third kappa shape index (κ3) is 4.86. The molecule has 0 bridgehead atoms. The molecule has 2 rings (SSSR count). The normalized spacial score (nSPS) is 9.86. The van der Waals surface area contributed by atoms with Gasteiger partial charge in [0.15, 0.2) is 5.11 Å². The Morgan fingerprint density at radius 3 is 2.64 bits per heavy atom. The zero-order valence-electron chi connectivity index (χ0n) is 12.3. The van der Waals surface area contributed by atoms with Gasteiger partial charge in [-0.2, -0.15) is 0 Å². The number of benzene rings is 2. The molecule has 5 heteroatoms. The minimum atomic E-state index is -0.257. The molecule has 4 nitrogen and oxygen atoms in total. The van der Waals surface area contributed by atoms with Crippen molar-refractivity contribution >= 4 is 23.2 Å². The number of hydrogen-bond donors (Lipinski definition) is 2. The van der Waals surface area contributed by atoms with Gasteiger partial charge in [0, 0.05) is 12.1 Å². The largest absolute Gasteiger partial charge is 0.494 e. The van der Waals surface area contributed by atoms with Gasteiger partial charge in [-0.25, -0.2) is 0 Å². The van der Waals surface area contributed by atoms with Crippen LogP contribution in [-0.2, 0) is 6.54 Å². The predicted molar refractivity (Wildman–Crippen MR) is 91.0 cm³/mol. The number of carbonyl (C=O) groups excluding carboxylic acids is 1. The summed E-state index contributed by atoms with van der Waals surface area (Å²) in [5, 5.41) is 5.97. The monoisotopic (exact) mass is 314 g/mol. The van der Waals surface area contributed by atoms with Crippen molar-refractivity contribution in [1.29, 1.82) is 0 Å². The molecule has 2 N–H and O–H groups in total. The molecule has 0 unspecified atom stereocenters. The van der Waals surface area contributed by atoms with Crippen molar-refractivity contribution in [3.63, 3.8) is 0 Å². The average Bonchev–Trinajstić information content (AvgIpc) is 2.54. The first-order valence-electron chi connectivity index (χ1n) is 7.05. The van der Waals surface area contributed by atoms with Crippen LogP contribution in [0.2, 0.25) is 0 Å². The molecule has 0 heterocycles. The Hall–Kier alpha value is -2.40. The molecule has 0 aliphatic rings. The summed E-state index contributed by atoms with van der Waals surface area (Å²) in [5.74, 6) is 0.408. The Labute approximate surface area is 135 Å². The fourth-order valence-electron chi connectivity index (χ4n) is 1.89. The molecule has 0 radical (unpaired) electrons. The van der Waals surface area contributed by atoms with E-state index in [4.69, 9.17) is 17.0 Å². The Morgan fingerprint density at radius 1 is 1.14 bits per heavy atom. The summed E-state index contributed by atoms with van der Waals surface area (Å²) in [4.78, 5) is 12.1. The van der Waals surface area contributed by atoms with Crippen LogP contribution in [0.3, 0.4) is 0 Å². The van der Waals surface area contributed by atoms with E-state index in [0.29, 0.717) is 29.6 Å². The van der Waals surface area contributed by atoms with Crippen molar-refractivity contribution in [1.82, 2.24) is 10.6 Å². The maximum Gasteiger partial charge on any atom is 0.257 e. The summed E-state index contributed by atoms with van der Waals surface area (Å²) >= 11 is 5.14. The van der Waals surface area contributed by atoms with Gasteiger partial charge in [-0.1, -0.05) is 36.4 Å². The van der Waals surface area contributed by atoms with Gasteiger partial charge in [0.25, 0.3) is 5.91 Å². The van der Waals surface area contributed by atoms with Crippen molar-refractivity contribution in [2.24, 2.45) is 0 Å². The van der Waals surface area contributed by atoms with Crippen LogP contribution in [-0.4, -0.2) is 17.6 Å². The molecule has 2 aromatic rings. The van der Waals surface area contributed by atoms with Gasteiger partial charge in [0.2, 0.25) is 0 Å². The SMILES string of the molecule is CCOc1cccc(C(=O)NC(=S)NCc2ccccc2)c1. The molecule has 0 aliphatic heterocycles. The van der Waals surface area contributed by atoms with Gasteiger partial charge in [0.1, 0.15) is 5.75 Å². The minimum absolute atomic E-state index is 0.257. The number of thiocarbonyl (C=S) groups is 1. The summed E-state index contributed by atoms with van der Waals surface area (Å²) in [5.41, 5.74) is 1.60. The second-order valence-electron chi connectivity index (χ2n) is 4.58. The van der Waals surface area contributed by atoms with Gasteiger partial charge in [-0.3, -0.25) is 10.1 Å². The second kappa shape index (κ2) is 8.14. The fourth-order valence-corrected chi connectivity index (χ4v) is 2.06. The van der Waals surface area contributed by atoms with Gasteiger partial charge < -0.3 is 10.1 Å². The maximum absolute atomic E-state index is 12.1. The number of hydrogen-bond acceptors (Lipinski definition) is 3. The standard InChI is InChI=1S/C17H18N2O2S/c1-2-21-15-10-6-9-14(11-15)16(20)19-17(22)18-12-13-7-4-3-5-8-13/h3-11H,2,12H2,1H3,(H2,18,19,20,22). The quantitative estimate of drug-likeness (QED) is 0.833. The van der Waals surface area contributed by atoms with Crippen LogP contribution >= 0.6 is 12.2 Å². The third-order valence-corrected chi connectivity index (χ3v) is 3.18. The smallest absolute Gasteiger partial charge is 0.257 e. The van der Waals surface area contributed by atoms with Gasteiger partial charge >= 0.3 is 0 Å². The highest BCUT2D eigenvalue weighted by atomic mass is 32.1. The highest BCUT2D eigenvalue weighted by Gasteiger charge is 2.08. The van der Waals surface area contributed by atoms with Crippen molar-refractivity contribution in [3.8, 4) is 5.75 Å². The highest BCUT2D eigenvalue weighted by Crippen LogP contribution is 2.13. The zero-order chi connectivity index (χ0) is 15.8. The van der Waals surface area contributed by atoms with Crippen LogP contribution in [0.1, 0.15) is 22.8 Å². The number of rotatable bonds is 5. The average molecular weight is 314 g/mol. The van der Waals surface area contributed by atoms with Crippen LogP contribution in [0.5, 0.6) is 5.75 Å². The molecule has 0 atom stereocenters. The van der Waals surface area contributed by atoms with E-state index in [0.717, 1.165) is 5.56 Å². The molecule has 0 fully saturated rings. The number of amides is 1. The van der Waals surface area contributed by atoms with Gasteiger partial charge in [-0.05, 0) is 42.9 Å². The molecule has 114 valence electrons. The highest BCUT2D eigenvalue weighted by molar-refractivity contribution is 7.80. The molecule has 2 aromatic carbocycles. The Bertz CT molecular complexity index is 644. The van der Waals surface area contributed by atoms with Crippen molar-refractivity contribution < 1.29 is 9.53 Å². The molecule has 0 aliphatic carbocycles. The topological polar surface area (TPSA) is 50.4 Å². The van der Waals surface area contributed by atoms with E-state index in [9.17, 15) is 4.79 Å². The predicted octanol–water partition coefficient (Wildman–Crippen LogP) is 2.89. The van der Waals surface area contributed by atoms with Crippen molar-refractivity contribution in [3.05, 3.63) is 65.7 Å². The Morgan fingerprint density at radius 2 is 1.91 bits per heavy atom.